The summed E-state index contributed by atoms with van der Waals surface area (Å²) >= 11 is 0. The minimum Gasteiger partial charge on any atom is -0.484 e. The van der Waals surface area contributed by atoms with Crippen LogP contribution in [0.4, 0.5) is 0 Å². The third kappa shape index (κ3) is 9.25. The third-order valence-corrected chi connectivity index (χ3v) is 4.14. The Bertz CT molecular complexity index is 577. The Labute approximate surface area is 164 Å². The number of halogens is 1. The van der Waals surface area contributed by atoms with Crippen molar-refractivity contribution in [3.05, 3.63) is 41.5 Å². The van der Waals surface area contributed by atoms with Gasteiger partial charge in [0.1, 0.15) is 5.75 Å². The van der Waals surface area contributed by atoms with Crippen molar-refractivity contribution in [2.75, 3.05) is 13.2 Å². The van der Waals surface area contributed by atoms with Crippen molar-refractivity contribution in [3.8, 4) is 5.75 Å². The third-order valence-electron chi connectivity index (χ3n) is 4.14. The van der Waals surface area contributed by atoms with Crippen LogP contribution >= 0.6 is 12.4 Å². The van der Waals surface area contributed by atoms with Crippen LogP contribution in [0.25, 0.3) is 0 Å². The lowest BCUT2D eigenvalue weighted by Gasteiger charge is -2.20. The van der Waals surface area contributed by atoms with Crippen molar-refractivity contribution in [2.24, 2.45) is 0 Å². The molecule has 0 unspecified atom stereocenters. The molecule has 0 radical (unpaired) electrons. The summed E-state index contributed by atoms with van der Waals surface area (Å²) in [6.45, 7) is 7.80. The Balaban J connectivity index is 0.00000338. The molecule has 0 fully saturated rings. The highest BCUT2D eigenvalue weighted by Crippen LogP contribution is 2.19. The second kappa shape index (κ2) is 11.2. The fourth-order valence-corrected chi connectivity index (χ4v) is 2.92. The molecule has 1 amide bonds. The smallest absolute Gasteiger partial charge is 0.258 e. The molecule has 146 valence electrons. The predicted molar refractivity (Wildman–Crippen MR) is 110 cm³/mol. The number of carbonyl (C=O) groups is 1. The Kier molecular flexibility index (Phi) is 9.74. The quantitative estimate of drug-likeness (QED) is 0.519. The van der Waals surface area contributed by atoms with E-state index in [0.717, 1.165) is 25.3 Å². The molecule has 2 N–H and O–H groups in total. The van der Waals surface area contributed by atoms with Crippen molar-refractivity contribution in [1.82, 2.24) is 10.6 Å². The molecule has 0 saturated carbocycles. The van der Waals surface area contributed by atoms with Gasteiger partial charge in [-0.3, -0.25) is 4.79 Å². The Morgan fingerprint density at radius 1 is 1.15 bits per heavy atom. The maximum Gasteiger partial charge on any atom is 0.258 e. The van der Waals surface area contributed by atoms with Gasteiger partial charge in [0.05, 0.1) is 0 Å². The van der Waals surface area contributed by atoms with Crippen LogP contribution in [0.1, 0.15) is 58.4 Å². The monoisotopic (exact) mass is 380 g/mol. The van der Waals surface area contributed by atoms with Crippen molar-refractivity contribution < 1.29 is 9.53 Å². The lowest BCUT2D eigenvalue weighted by atomic mass is 9.97. The van der Waals surface area contributed by atoms with E-state index >= 15 is 0 Å². The molecular formula is C21H33ClN2O2. The van der Waals surface area contributed by atoms with Gasteiger partial charge in [0.15, 0.2) is 6.61 Å². The van der Waals surface area contributed by atoms with E-state index in [0.29, 0.717) is 0 Å². The zero-order valence-corrected chi connectivity index (χ0v) is 17.1. The number of hydrogen-bond acceptors (Lipinski definition) is 3. The van der Waals surface area contributed by atoms with Crippen LogP contribution in [0.2, 0.25) is 0 Å². The standard InChI is InChI=1S/C21H32N2O2.ClH/c1-21(2,3)23-20(24)16-25-19-11-9-18(10-12-19)15-22-14-13-17-7-5-4-6-8-17;/h7,9-12,22H,4-6,8,13-16H2,1-3H3,(H,23,24);1H. The largest absolute Gasteiger partial charge is 0.484 e. The van der Waals surface area contributed by atoms with Crippen LogP contribution in [-0.4, -0.2) is 24.6 Å². The summed E-state index contributed by atoms with van der Waals surface area (Å²) in [5, 5.41) is 6.38. The molecule has 1 aromatic rings. The first kappa shape index (κ1) is 22.5. The zero-order valence-electron chi connectivity index (χ0n) is 16.3. The Morgan fingerprint density at radius 3 is 2.50 bits per heavy atom. The van der Waals surface area contributed by atoms with Crippen molar-refractivity contribution in [1.29, 1.82) is 0 Å². The first-order valence-corrected chi connectivity index (χ1v) is 9.34. The van der Waals surface area contributed by atoms with E-state index < -0.39 is 0 Å². The van der Waals surface area contributed by atoms with Gasteiger partial charge in [0.25, 0.3) is 5.91 Å². The van der Waals surface area contributed by atoms with E-state index in [4.69, 9.17) is 4.74 Å². The second-order valence-corrected chi connectivity index (χ2v) is 7.77. The summed E-state index contributed by atoms with van der Waals surface area (Å²) in [6.07, 6.45) is 8.79. The fourth-order valence-electron chi connectivity index (χ4n) is 2.92. The van der Waals surface area contributed by atoms with E-state index in [1.807, 2.05) is 45.0 Å². The SMILES string of the molecule is CC(C)(C)NC(=O)COc1ccc(CNCCC2=CCCCC2)cc1.Cl. The molecule has 1 aliphatic rings. The highest BCUT2D eigenvalue weighted by atomic mass is 35.5. The van der Waals surface area contributed by atoms with Gasteiger partial charge < -0.3 is 15.4 Å². The van der Waals surface area contributed by atoms with E-state index in [-0.39, 0.29) is 30.5 Å². The zero-order chi connectivity index (χ0) is 18.1. The number of hydrogen-bond donors (Lipinski definition) is 2. The maximum absolute atomic E-state index is 11.8. The molecular weight excluding hydrogens is 348 g/mol. The molecule has 0 heterocycles. The highest BCUT2D eigenvalue weighted by molar-refractivity contribution is 5.85. The molecule has 26 heavy (non-hydrogen) atoms. The molecule has 0 atom stereocenters. The van der Waals surface area contributed by atoms with Crippen LogP contribution < -0.4 is 15.4 Å². The van der Waals surface area contributed by atoms with Gasteiger partial charge in [0, 0.05) is 12.1 Å². The topological polar surface area (TPSA) is 50.4 Å². The molecule has 0 aliphatic heterocycles. The van der Waals surface area contributed by atoms with Gasteiger partial charge in [-0.05, 0) is 77.1 Å². The van der Waals surface area contributed by atoms with Gasteiger partial charge in [-0.2, -0.15) is 0 Å². The lowest BCUT2D eigenvalue weighted by Crippen LogP contribution is -2.43. The Hall–Kier alpha value is -1.52. The summed E-state index contributed by atoms with van der Waals surface area (Å²) < 4.78 is 5.53. The number of amides is 1. The molecule has 0 spiro atoms. The number of ether oxygens (including phenoxy) is 1. The summed E-state index contributed by atoms with van der Waals surface area (Å²) in [7, 11) is 0. The Morgan fingerprint density at radius 2 is 1.88 bits per heavy atom. The second-order valence-electron chi connectivity index (χ2n) is 7.77. The fraction of sp³-hybridized carbons (Fsp3) is 0.571. The van der Waals surface area contributed by atoms with Gasteiger partial charge in [-0.1, -0.05) is 23.8 Å². The average Bonchev–Trinajstić information content (AvgIpc) is 2.57. The molecule has 0 saturated heterocycles. The predicted octanol–water partition coefficient (Wildman–Crippen LogP) is 4.38. The molecule has 0 aromatic heterocycles. The van der Waals surface area contributed by atoms with Gasteiger partial charge in [0.2, 0.25) is 0 Å². The molecule has 2 rings (SSSR count). The highest BCUT2D eigenvalue weighted by Gasteiger charge is 2.13. The van der Waals surface area contributed by atoms with Crippen molar-refractivity contribution in [2.45, 2.75) is 65.0 Å². The van der Waals surface area contributed by atoms with E-state index in [9.17, 15) is 4.79 Å². The molecule has 4 nitrogen and oxygen atoms in total. The van der Waals surface area contributed by atoms with Crippen LogP contribution in [-0.2, 0) is 11.3 Å². The molecule has 0 bridgehead atoms. The van der Waals surface area contributed by atoms with E-state index in [2.05, 4.69) is 16.7 Å². The van der Waals surface area contributed by atoms with E-state index in [1.54, 1.807) is 5.57 Å². The summed E-state index contributed by atoms with van der Waals surface area (Å²) in [6, 6.07) is 7.93. The van der Waals surface area contributed by atoms with Crippen molar-refractivity contribution >= 4 is 18.3 Å². The maximum atomic E-state index is 11.8. The normalized spacial score (nSPS) is 14.2. The van der Waals surface area contributed by atoms with Gasteiger partial charge in [-0.25, -0.2) is 0 Å². The minimum atomic E-state index is -0.232. The summed E-state index contributed by atoms with van der Waals surface area (Å²) in [5.41, 5.74) is 2.60. The van der Waals surface area contributed by atoms with Crippen LogP contribution in [0.15, 0.2) is 35.9 Å². The average molecular weight is 381 g/mol. The minimum absolute atomic E-state index is 0. The number of allylic oxidation sites excluding steroid dienone is 1. The first-order chi connectivity index (χ1) is 11.9. The van der Waals surface area contributed by atoms with Crippen LogP contribution in [0, 0.1) is 0 Å². The van der Waals surface area contributed by atoms with E-state index in [1.165, 1.54) is 31.2 Å². The molecule has 1 aromatic carbocycles. The lowest BCUT2D eigenvalue weighted by molar-refractivity contribution is -0.124. The van der Waals surface area contributed by atoms with Gasteiger partial charge >= 0.3 is 0 Å². The number of benzene rings is 1. The number of rotatable bonds is 8. The molecule has 5 heteroatoms. The number of nitrogens with one attached hydrogen (secondary N) is 2. The summed E-state index contributed by atoms with van der Waals surface area (Å²) in [5.74, 6) is 0.621. The first-order valence-electron chi connectivity index (χ1n) is 9.34. The number of carbonyl (C=O) groups excluding carboxylic acids is 1. The summed E-state index contributed by atoms with van der Waals surface area (Å²) in [4.78, 5) is 11.8. The van der Waals surface area contributed by atoms with Crippen molar-refractivity contribution in [3.63, 3.8) is 0 Å². The van der Waals surface area contributed by atoms with Gasteiger partial charge in [-0.15, -0.1) is 12.4 Å². The van der Waals surface area contributed by atoms with Crippen LogP contribution in [0.5, 0.6) is 5.75 Å². The molecule has 1 aliphatic carbocycles. The van der Waals surface area contributed by atoms with Crippen LogP contribution in [0.3, 0.4) is 0 Å².